The predicted molar refractivity (Wildman–Crippen MR) is 82.8 cm³/mol. The van der Waals surface area contributed by atoms with Gasteiger partial charge in [-0.05, 0) is 6.07 Å². The fraction of sp³-hybridized carbons (Fsp3) is 0.300. The normalized spacial score (nSPS) is 12.5. The van der Waals surface area contributed by atoms with Gasteiger partial charge in [0.15, 0.2) is 20.1 Å². The Balaban J connectivity index is 2.41. The predicted octanol–water partition coefficient (Wildman–Crippen LogP) is 0.631. The molecule has 0 aliphatic carbocycles. The molecule has 1 aromatic carbocycles. The molecule has 0 fully saturated rings. The number of nitrogens with zero attached hydrogens (tertiary/aromatic N) is 1. The highest BCUT2D eigenvalue weighted by Crippen LogP contribution is 2.34. The quantitative estimate of drug-likeness (QED) is 0.756. The molecule has 0 spiro atoms. The molecule has 116 valence electrons. The van der Waals surface area contributed by atoms with E-state index in [1.165, 1.54) is 7.11 Å². The lowest BCUT2D eigenvalue weighted by atomic mass is 10.3. The fourth-order valence-electron chi connectivity index (χ4n) is 1.66. The van der Waals surface area contributed by atoms with Crippen LogP contribution >= 0.6 is 11.3 Å². The number of nitrogens with two attached hydrogens (primary N) is 1. The van der Waals surface area contributed by atoms with Crippen LogP contribution in [0, 0.1) is 0 Å². The molecule has 1 heterocycles. The van der Waals surface area contributed by atoms with Crippen molar-refractivity contribution in [3.8, 4) is 5.75 Å². The Bertz CT molecular complexity index is 886. The highest BCUT2D eigenvalue weighted by molar-refractivity contribution is 8.08. The van der Waals surface area contributed by atoms with Crippen LogP contribution in [0.2, 0.25) is 0 Å². The van der Waals surface area contributed by atoms with Gasteiger partial charge in [-0.1, -0.05) is 11.3 Å². The number of hydrogen-bond acceptors (Lipinski definition) is 8. The van der Waals surface area contributed by atoms with Gasteiger partial charge in [0.1, 0.15) is 11.3 Å². The first-order chi connectivity index (χ1) is 9.59. The van der Waals surface area contributed by atoms with Crippen LogP contribution in [-0.4, -0.2) is 40.3 Å². The van der Waals surface area contributed by atoms with Crippen LogP contribution in [-0.2, 0) is 19.9 Å². The van der Waals surface area contributed by atoms with Crippen LogP contribution in [0.4, 0.5) is 10.8 Å². The zero-order valence-electron chi connectivity index (χ0n) is 11.2. The van der Waals surface area contributed by atoms with Gasteiger partial charge in [0.2, 0.25) is 10.0 Å². The van der Waals surface area contributed by atoms with Crippen LogP contribution in [0.15, 0.2) is 12.1 Å². The Morgan fingerprint density at radius 3 is 2.57 bits per heavy atom. The maximum absolute atomic E-state index is 11.7. The lowest BCUT2D eigenvalue weighted by Gasteiger charge is -2.02. The van der Waals surface area contributed by atoms with Gasteiger partial charge in [-0.15, -0.1) is 0 Å². The number of fused-ring (bicyclic) bond motifs is 1. The Labute approximate surface area is 125 Å². The van der Waals surface area contributed by atoms with Crippen molar-refractivity contribution in [2.24, 2.45) is 0 Å². The van der Waals surface area contributed by atoms with Crippen LogP contribution < -0.4 is 15.2 Å². The number of nitrogen functional groups attached to an aromatic ring is 1. The van der Waals surface area contributed by atoms with Gasteiger partial charge in [0.05, 0.1) is 11.8 Å². The molecular formula is C10H13N3O5S3. The summed E-state index contributed by atoms with van der Waals surface area (Å²) in [7, 11) is -6.26. The van der Waals surface area contributed by atoms with Crippen LogP contribution in [0.3, 0.4) is 0 Å². The number of methoxy groups -OCH3 is 1. The molecular weight excluding hydrogens is 338 g/mol. The van der Waals surface area contributed by atoms with Gasteiger partial charge in [0.25, 0.3) is 0 Å². The molecule has 0 aliphatic heterocycles. The number of sulfonamides is 1. The van der Waals surface area contributed by atoms with Gasteiger partial charge >= 0.3 is 0 Å². The van der Waals surface area contributed by atoms with Crippen LogP contribution in [0.1, 0.15) is 0 Å². The molecule has 3 N–H and O–H groups in total. The van der Waals surface area contributed by atoms with Crippen molar-refractivity contribution in [1.82, 2.24) is 4.98 Å². The first-order valence-electron chi connectivity index (χ1n) is 5.52. The van der Waals surface area contributed by atoms with Crippen molar-refractivity contribution >= 4 is 52.2 Å². The minimum absolute atomic E-state index is 0.0533. The summed E-state index contributed by atoms with van der Waals surface area (Å²) in [5.74, 6) is 0.412. The van der Waals surface area contributed by atoms with Crippen molar-refractivity contribution < 1.29 is 21.6 Å². The number of sulfone groups is 1. The first-order valence-corrected chi connectivity index (χ1v) is 10.0. The molecule has 0 bridgehead atoms. The van der Waals surface area contributed by atoms with Gasteiger partial charge in [0, 0.05) is 18.0 Å². The maximum atomic E-state index is 11.7. The standard InChI is InChI=1S/C10H13N3O5S3/c1-18-7-3-6(11)4-8-9(7)12-10(19-8)13-21(16,17)5-20(2,14)15/h3-4H,5,11H2,1-2H3,(H,12,13). The molecule has 0 aliphatic rings. The summed E-state index contributed by atoms with van der Waals surface area (Å²) in [6, 6.07) is 3.20. The second kappa shape index (κ2) is 5.31. The number of thiazole rings is 1. The van der Waals surface area contributed by atoms with Crippen LogP contribution in [0.25, 0.3) is 10.2 Å². The number of benzene rings is 1. The van der Waals surface area contributed by atoms with Crippen molar-refractivity contribution in [3.63, 3.8) is 0 Å². The van der Waals surface area contributed by atoms with E-state index >= 15 is 0 Å². The molecule has 0 saturated carbocycles. The molecule has 2 rings (SSSR count). The Kier molecular flexibility index (Phi) is 4.00. The van der Waals surface area contributed by atoms with E-state index in [4.69, 9.17) is 10.5 Å². The van der Waals surface area contributed by atoms with E-state index in [1.807, 2.05) is 0 Å². The number of aromatic nitrogens is 1. The van der Waals surface area contributed by atoms with Gasteiger partial charge < -0.3 is 10.5 Å². The number of ether oxygens (including phenoxy) is 1. The smallest absolute Gasteiger partial charge is 0.248 e. The van der Waals surface area contributed by atoms with Crippen molar-refractivity contribution in [2.45, 2.75) is 0 Å². The summed E-state index contributed by atoms with van der Waals surface area (Å²) >= 11 is 1.04. The van der Waals surface area contributed by atoms with Crippen molar-refractivity contribution in [3.05, 3.63) is 12.1 Å². The van der Waals surface area contributed by atoms with E-state index in [0.717, 1.165) is 17.6 Å². The lowest BCUT2D eigenvalue weighted by molar-refractivity contribution is 0.419. The highest BCUT2D eigenvalue weighted by Gasteiger charge is 2.20. The van der Waals surface area contributed by atoms with Crippen LogP contribution in [0.5, 0.6) is 5.75 Å². The monoisotopic (exact) mass is 351 g/mol. The second-order valence-corrected chi connectivity index (χ2v) is 9.61. The summed E-state index contributed by atoms with van der Waals surface area (Å²) in [6.07, 6.45) is 0.842. The Morgan fingerprint density at radius 1 is 1.33 bits per heavy atom. The zero-order chi connectivity index (χ0) is 15.8. The summed E-state index contributed by atoms with van der Waals surface area (Å²) in [6.45, 7) is 0. The molecule has 11 heteroatoms. The van der Waals surface area contributed by atoms with Crippen molar-refractivity contribution in [2.75, 3.05) is 28.9 Å². The molecule has 0 unspecified atom stereocenters. The van der Waals surface area contributed by atoms with E-state index in [9.17, 15) is 16.8 Å². The maximum Gasteiger partial charge on any atom is 0.248 e. The number of hydrogen-bond donors (Lipinski definition) is 2. The molecule has 21 heavy (non-hydrogen) atoms. The summed E-state index contributed by atoms with van der Waals surface area (Å²) < 4.78 is 53.5. The first kappa shape index (κ1) is 15.8. The minimum Gasteiger partial charge on any atom is -0.494 e. The van der Waals surface area contributed by atoms with Gasteiger partial charge in [-0.3, -0.25) is 4.72 Å². The molecule has 0 saturated heterocycles. The lowest BCUT2D eigenvalue weighted by Crippen LogP contribution is -2.22. The van der Waals surface area contributed by atoms with E-state index < -0.39 is 24.9 Å². The van der Waals surface area contributed by atoms with E-state index in [0.29, 0.717) is 21.7 Å². The number of nitrogens with one attached hydrogen (secondary N) is 1. The molecule has 8 nitrogen and oxygen atoms in total. The average molecular weight is 351 g/mol. The van der Waals surface area contributed by atoms with E-state index in [1.54, 1.807) is 12.1 Å². The minimum atomic E-state index is -4.03. The Hall–Kier alpha value is -1.59. The third-order valence-electron chi connectivity index (χ3n) is 2.31. The van der Waals surface area contributed by atoms with E-state index in [2.05, 4.69) is 9.71 Å². The third kappa shape index (κ3) is 3.95. The average Bonchev–Trinajstić information content (AvgIpc) is 2.65. The van der Waals surface area contributed by atoms with Crippen molar-refractivity contribution in [1.29, 1.82) is 0 Å². The molecule has 0 radical (unpaired) electrons. The molecule has 2 aromatic rings. The third-order valence-corrected chi connectivity index (χ3v) is 6.82. The summed E-state index contributed by atoms with van der Waals surface area (Å²) in [5.41, 5.74) is 6.61. The Morgan fingerprint density at radius 2 is 2.00 bits per heavy atom. The number of rotatable bonds is 5. The second-order valence-electron chi connectivity index (χ2n) is 4.35. The largest absolute Gasteiger partial charge is 0.494 e. The van der Waals surface area contributed by atoms with E-state index in [-0.39, 0.29) is 5.13 Å². The highest BCUT2D eigenvalue weighted by atomic mass is 32.3. The molecule has 1 aromatic heterocycles. The molecule has 0 atom stereocenters. The fourth-order valence-corrected chi connectivity index (χ4v) is 5.80. The zero-order valence-corrected chi connectivity index (χ0v) is 13.6. The van der Waals surface area contributed by atoms with Gasteiger partial charge in [-0.25, -0.2) is 21.8 Å². The summed E-state index contributed by atoms with van der Waals surface area (Å²) in [5, 5.41) is -0.951. The number of anilines is 2. The summed E-state index contributed by atoms with van der Waals surface area (Å²) in [4.78, 5) is 4.09. The SMILES string of the molecule is COc1cc(N)cc2sc(NS(=O)(=O)CS(C)(=O)=O)nc12. The molecule has 0 amide bonds. The topological polar surface area (TPSA) is 128 Å². The van der Waals surface area contributed by atoms with Gasteiger partial charge in [-0.2, -0.15) is 0 Å².